The van der Waals surface area contributed by atoms with Gasteiger partial charge in [-0.2, -0.15) is 26.3 Å². The fraction of sp³-hybridized carbons (Fsp3) is 0.333. The van der Waals surface area contributed by atoms with E-state index in [1.54, 1.807) is 0 Å². The zero-order chi connectivity index (χ0) is 16.1. The molecule has 0 amide bonds. The Morgan fingerprint density at radius 2 is 1.52 bits per heavy atom. The van der Waals surface area contributed by atoms with Crippen LogP contribution < -0.4 is 0 Å². The summed E-state index contributed by atoms with van der Waals surface area (Å²) in [4.78, 5) is 2.43. The average Bonchev–Trinajstić information content (AvgIpc) is 2.36. The minimum atomic E-state index is -4.90. The fourth-order valence-corrected chi connectivity index (χ4v) is 1.34. The molecule has 0 heterocycles. The maximum absolute atomic E-state index is 12.6. The first-order valence-corrected chi connectivity index (χ1v) is 5.44. The predicted octanol–water partition coefficient (Wildman–Crippen LogP) is 4.78. The summed E-state index contributed by atoms with van der Waals surface area (Å²) in [6.07, 6.45) is -9.77. The van der Waals surface area contributed by atoms with E-state index in [9.17, 15) is 26.3 Å². The second-order valence-corrected chi connectivity index (χ2v) is 3.80. The zero-order valence-electron chi connectivity index (χ0n) is 10.3. The van der Waals surface area contributed by atoms with Crippen LogP contribution in [0, 0.1) is 11.8 Å². The second-order valence-electron chi connectivity index (χ2n) is 3.80. The van der Waals surface area contributed by atoms with E-state index in [0.29, 0.717) is 12.1 Å². The maximum Gasteiger partial charge on any atom is 0.416 e. The lowest BCUT2D eigenvalue weighted by molar-refractivity contribution is -0.143. The lowest BCUT2D eigenvalue weighted by Crippen LogP contribution is -2.11. The summed E-state index contributed by atoms with van der Waals surface area (Å²) in [5, 5.41) is 3.13. The van der Waals surface area contributed by atoms with Crippen LogP contribution >= 0.6 is 0 Å². The highest BCUT2D eigenvalue weighted by Gasteiger charge is 2.36. The average molecular weight is 307 g/mol. The predicted molar refractivity (Wildman–Crippen MR) is 62.0 cm³/mol. The molecule has 0 aromatic heterocycles. The largest absolute Gasteiger partial charge is 0.416 e. The molecule has 0 aliphatic carbocycles. The molecular weight excluding hydrogens is 300 g/mol. The van der Waals surface area contributed by atoms with Gasteiger partial charge in [0.2, 0.25) is 0 Å². The smallest absolute Gasteiger partial charge is 0.166 e. The molecule has 1 aromatic rings. The van der Waals surface area contributed by atoms with Gasteiger partial charge >= 0.3 is 12.4 Å². The van der Waals surface area contributed by atoms with Gasteiger partial charge in [-0.15, -0.1) is 0 Å². The Morgan fingerprint density at radius 1 is 1.00 bits per heavy atom. The minimum absolute atomic E-state index is 0.0193. The van der Waals surface area contributed by atoms with E-state index >= 15 is 0 Å². The molecule has 0 aliphatic heterocycles. The van der Waals surface area contributed by atoms with Crippen molar-refractivity contribution in [1.29, 1.82) is 0 Å². The van der Waals surface area contributed by atoms with Gasteiger partial charge in [-0.3, -0.25) is 0 Å². The molecule has 0 radical (unpaired) electrons. The summed E-state index contributed by atoms with van der Waals surface area (Å²) in [6, 6.07) is 1.11. The third-order valence-corrected chi connectivity index (χ3v) is 2.22. The molecule has 0 saturated carbocycles. The number of nitrogens with zero attached hydrogens (tertiary/aromatic N) is 3. The highest BCUT2D eigenvalue weighted by Crippen LogP contribution is 2.36. The molecule has 112 valence electrons. The van der Waals surface area contributed by atoms with E-state index in [2.05, 4.69) is 21.9 Å². The Morgan fingerprint density at radius 3 is 1.95 bits per heavy atom. The van der Waals surface area contributed by atoms with Crippen molar-refractivity contribution in [2.75, 3.05) is 6.54 Å². The number of rotatable bonds is 2. The monoisotopic (exact) mass is 307 g/mol. The molecule has 1 aromatic carbocycles. The maximum atomic E-state index is 12.6. The SMILES string of the molecule is [N-]=[N+]=NCCC#Cc1cc(C(F)(F)F)cc(C(F)(F)F)c1. The van der Waals surface area contributed by atoms with Gasteiger partial charge in [0.1, 0.15) is 0 Å². The lowest BCUT2D eigenvalue weighted by Gasteiger charge is -2.12. The second kappa shape index (κ2) is 6.41. The standard InChI is InChI=1S/C12H7F6N3/c13-11(14,15)9-5-8(3-1-2-4-20-21-19)6-10(7-9)12(16,17)18/h5-7H,2,4H2. The van der Waals surface area contributed by atoms with E-state index in [0.717, 1.165) is 0 Å². The van der Waals surface area contributed by atoms with Gasteiger partial charge in [-0.05, 0) is 23.7 Å². The van der Waals surface area contributed by atoms with Crippen molar-refractivity contribution in [3.05, 3.63) is 45.3 Å². The molecule has 0 saturated heterocycles. The molecule has 0 spiro atoms. The van der Waals surface area contributed by atoms with Gasteiger partial charge in [-0.25, -0.2) is 0 Å². The lowest BCUT2D eigenvalue weighted by atomic mass is 10.0. The molecule has 0 unspecified atom stereocenters. The molecular formula is C12H7F6N3. The Labute approximate surface area is 115 Å². The van der Waals surface area contributed by atoms with Crippen LogP contribution in [0.2, 0.25) is 0 Å². The van der Waals surface area contributed by atoms with E-state index in [1.165, 1.54) is 0 Å². The molecule has 0 bridgehead atoms. The summed E-state index contributed by atoms with van der Waals surface area (Å²) in [6.45, 7) is -0.0193. The van der Waals surface area contributed by atoms with Gasteiger partial charge in [0.05, 0.1) is 11.1 Å². The fourth-order valence-electron chi connectivity index (χ4n) is 1.34. The Hall–Kier alpha value is -2.33. The van der Waals surface area contributed by atoms with Crippen molar-refractivity contribution in [1.82, 2.24) is 0 Å². The van der Waals surface area contributed by atoms with Crippen molar-refractivity contribution >= 4 is 0 Å². The first-order valence-electron chi connectivity index (χ1n) is 5.44. The van der Waals surface area contributed by atoms with E-state index in [-0.39, 0.29) is 19.0 Å². The topological polar surface area (TPSA) is 48.8 Å². The summed E-state index contributed by atoms with van der Waals surface area (Å²) >= 11 is 0. The Kier molecular flexibility index (Phi) is 5.11. The first-order chi connectivity index (χ1) is 9.64. The van der Waals surface area contributed by atoms with Crippen LogP contribution in [0.4, 0.5) is 26.3 Å². The van der Waals surface area contributed by atoms with Crippen LogP contribution in [0.5, 0.6) is 0 Å². The third-order valence-electron chi connectivity index (χ3n) is 2.22. The van der Waals surface area contributed by atoms with E-state index in [1.807, 2.05) is 0 Å². The van der Waals surface area contributed by atoms with Crippen molar-refractivity contribution in [2.45, 2.75) is 18.8 Å². The number of hydrogen-bond acceptors (Lipinski definition) is 1. The summed E-state index contributed by atoms with van der Waals surface area (Å²) < 4.78 is 75.3. The zero-order valence-corrected chi connectivity index (χ0v) is 10.3. The van der Waals surface area contributed by atoms with E-state index in [4.69, 9.17) is 5.53 Å². The number of halogens is 6. The molecule has 21 heavy (non-hydrogen) atoms. The van der Waals surface area contributed by atoms with Gasteiger partial charge < -0.3 is 0 Å². The van der Waals surface area contributed by atoms with Crippen molar-refractivity contribution in [2.24, 2.45) is 5.11 Å². The quantitative estimate of drug-likeness (QED) is 0.189. The minimum Gasteiger partial charge on any atom is -0.166 e. The van der Waals surface area contributed by atoms with Crippen LogP contribution in [0.3, 0.4) is 0 Å². The molecule has 0 aliphatic rings. The van der Waals surface area contributed by atoms with Crippen molar-refractivity contribution in [3.63, 3.8) is 0 Å². The summed E-state index contributed by atoms with van der Waals surface area (Å²) in [5.41, 5.74) is 4.75. The molecule has 9 heteroatoms. The third kappa shape index (κ3) is 5.28. The summed E-state index contributed by atoms with van der Waals surface area (Å²) in [7, 11) is 0. The molecule has 0 N–H and O–H groups in total. The number of benzene rings is 1. The van der Waals surface area contributed by atoms with Gasteiger partial charge in [0, 0.05) is 23.4 Å². The molecule has 1 rings (SSSR count). The normalized spacial score (nSPS) is 11.3. The molecule has 0 atom stereocenters. The van der Waals surface area contributed by atoms with Crippen LogP contribution in [0.25, 0.3) is 10.4 Å². The van der Waals surface area contributed by atoms with Crippen molar-refractivity contribution in [3.8, 4) is 11.8 Å². The number of hydrogen-bond donors (Lipinski definition) is 0. The van der Waals surface area contributed by atoms with Crippen LogP contribution in [0.1, 0.15) is 23.1 Å². The van der Waals surface area contributed by atoms with Gasteiger partial charge in [0.15, 0.2) is 0 Å². The van der Waals surface area contributed by atoms with Crippen LogP contribution in [-0.4, -0.2) is 6.54 Å². The Balaban J connectivity index is 3.17. The van der Waals surface area contributed by atoms with E-state index < -0.39 is 29.0 Å². The summed E-state index contributed by atoms with van der Waals surface area (Å²) in [5.74, 6) is 4.54. The molecule has 0 fully saturated rings. The van der Waals surface area contributed by atoms with Crippen molar-refractivity contribution < 1.29 is 26.3 Å². The Bertz CT molecular complexity index is 582. The number of alkyl halides is 6. The van der Waals surface area contributed by atoms with Gasteiger partial charge in [-0.1, -0.05) is 17.0 Å². The molecule has 3 nitrogen and oxygen atoms in total. The van der Waals surface area contributed by atoms with Crippen LogP contribution in [0.15, 0.2) is 23.3 Å². The highest BCUT2D eigenvalue weighted by atomic mass is 19.4. The highest BCUT2D eigenvalue weighted by molar-refractivity contribution is 5.42. The van der Waals surface area contributed by atoms with Crippen LogP contribution in [-0.2, 0) is 12.4 Å². The van der Waals surface area contributed by atoms with Gasteiger partial charge in [0.25, 0.3) is 0 Å². The first kappa shape index (κ1) is 16.7. The number of azide groups is 1.